The van der Waals surface area contributed by atoms with Crippen LogP contribution in [0.3, 0.4) is 0 Å². The summed E-state index contributed by atoms with van der Waals surface area (Å²) >= 11 is 3.28. The molecule has 1 aromatic rings. The van der Waals surface area contributed by atoms with Crippen LogP contribution >= 0.6 is 15.9 Å². The summed E-state index contributed by atoms with van der Waals surface area (Å²) in [6.45, 7) is 6.76. The zero-order chi connectivity index (χ0) is 15.5. The molecular formula is C14H20BrN3O3. The Morgan fingerprint density at radius 3 is 2.67 bits per heavy atom. The van der Waals surface area contributed by atoms with Gasteiger partial charge < -0.3 is 14.4 Å². The molecule has 1 aliphatic rings. The maximum absolute atomic E-state index is 12.1. The number of likely N-dealkylation sites (tertiary alicyclic amines) is 1. The van der Waals surface area contributed by atoms with Gasteiger partial charge in [0, 0.05) is 18.9 Å². The first-order chi connectivity index (χ1) is 9.83. The Kier molecular flexibility index (Phi) is 5.03. The van der Waals surface area contributed by atoms with Crippen LogP contribution in [-0.2, 0) is 4.74 Å². The highest BCUT2D eigenvalue weighted by Crippen LogP contribution is 2.18. The van der Waals surface area contributed by atoms with E-state index >= 15 is 0 Å². The van der Waals surface area contributed by atoms with Crippen molar-refractivity contribution in [1.82, 2.24) is 14.9 Å². The number of hydrogen-bond donors (Lipinski definition) is 0. The summed E-state index contributed by atoms with van der Waals surface area (Å²) in [6, 6.07) is 0.328. The van der Waals surface area contributed by atoms with Crippen molar-refractivity contribution in [3.05, 3.63) is 16.9 Å². The highest BCUT2D eigenvalue weighted by molar-refractivity contribution is 9.10. The number of hydrogen-bond acceptors (Lipinski definition) is 5. The van der Waals surface area contributed by atoms with E-state index in [1.807, 2.05) is 20.8 Å². The van der Waals surface area contributed by atoms with Crippen LogP contribution < -0.4 is 4.74 Å². The molecule has 1 fully saturated rings. The van der Waals surface area contributed by atoms with Crippen molar-refractivity contribution in [1.29, 1.82) is 0 Å². The van der Waals surface area contributed by atoms with Crippen LogP contribution in [-0.4, -0.2) is 45.8 Å². The largest absolute Gasteiger partial charge is 0.458 e. The second-order valence-corrected chi connectivity index (χ2v) is 6.91. The Balaban J connectivity index is 1.91. The standard InChI is InChI=1S/C14H20BrN3O3/c1-14(2,3)21-13(19)18-6-4-5-11(9-18)20-12-16-7-10(15)8-17-12/h7-8,11H,4-6,9H2,1-3H3. The van der Waals surface area contributed by atoms with Gasteiger partial charge in [-0.15, -0.1) is 0 Å². The van der Waals surface area contributed by atoms with Crippen LogP contribution in [0.4, 0.5) is 4.79 Å². The van der Waals surface area contributed by atoms with Crippen molar-refractivity contribution in [3.63, 3.8) is 0 Å². The Bertz CT molecular complexity index is 487. The Labute approximate surface area is 133 Å². The van der Waals surface area contributed by atoms with Gasteiger partial charge in [-0.1, -0.05) is 0 Å². The van der Waals surface area contributed by atoms with E-state index in [-0.39, 0.29) is 12.2 Å². The van der Waals surface area contributed by atoms with Crippen molar-refractivity contribution in [2.45, 2.75) is 45.3 Å². The lowest BCUT2D eigenvalue weighted by molar-refractivity contribution is 0.00660. The van der Waals surface area contributed by atoms with Gasteiger partial charge >= 0.3 is 12.1 Å². The second kappa shape index (κ2) is 6.60. The minimum atomic E-state index is -0.486. The minimum Gasteiger partial charge on any atom is -0.458 e. The number of amides is 1. The molecule has 1 aromatic heterocycles. The summed E-state index contributed by atoms with van der Waals surface area (Å²) < 4.78 is 11.9. The van der Waals surface area contributed by atoms with Crippen molar-refractivity contribution in [2.75, 3.05) is 13.1 Å². The quantitative estimate of drug-likeness (QED) is 0.813. The molecule has 2 heterocycles. The van der Waals surface area contributed by atoms with Gasteiger partial charge in [0.15, 0.2) is 0 Å². The summed E-state index contributed by atoms with van der Waals surface area (Å²) in [4.78, 5) is 21.9. The fourth-order valence-electron chi connectivity index (χ4n) is 2.04. The van der Waals surface area contributed by atoms with Crippen LogP contribution in [0, 0.1) is 0 Å². The highest BCUT2D eigenvalue weighted by Gasteiger charge is 2.28. The molecule has 21 heavy (non-hydrogen) atoms. The monoisotopic (exact) mass is 357 g/mol. The average molecular weight is 358 g/mol. The fraction of sp³-hybridized carbons (Fsp3) is 0.643. The summed E-state index contributed by atoms with van der Waals surface area (Å²) in [5, 5.41) is 0. The molecule has 0 bridgehead atoms. The number of halogens is 1. The zero-order valence-electron chi connectivity index (χ0n) is 12.5. The highest BCUT2D eigenvalue weighted by atomic mass is 79.9. The van der Waals surface area contributed by atoms with Crippen LogP contribution in [0.1, 0.15) is 33.6 Å². The summed E-state index contributed by atoms with van der Waals surface area (Å²) in [5.41, 5.74) is -0.486. The van der Waals surface area contributed by atoms with Gasteiger partial charge in [-0.3, -0.25) is 0 Å². The Morgan fingerprint density at radius 2 is 2.05 bits per heavy atom. The van der Waals surface area contributed by atoms with Crippen molar-refractivity contribution in [2.24, 2.45) is 0 Å². The molecule has 1 aliphatic heterocycles. The molecule has 0 radical (unpaired) electrons. The van der Waals surface area contributed by atoms with Gasteiger partial charge in [0.1, 0.15) is 11.7 Å². The number of piperidine rings is 1. The first-order valence-corrected chi connectivity index (χ1v) is 7.75. The van der Waals surface area contributed by atoms with Crippen molar-refractivity contribution in [3.8, 4) is 6.01 Å². The molecule has 6 nitrogen and oxygen atoms in total. The summed E-state index contributed by atoms with van der Waals surface area (Å²) in [5.74, 6) is 0. The lowest BCUT2D eigenvalue weighted by atomic mass is 10.1. The first-order valence-electron chi connectivity index (χ1n) is 6.95. The first kappa shape index (κ1) is 16.0. The maximum Gasteiger partial charge on any atom is 0.410 e. The van der Waals surface area contributed by atoms with Crippen LogP contribution in [0.2, 0.25) is 0 Å². The third-order valence-corrected chi connectivity index (χ3v) is 3.31. The van der Waals surface area contributed by atoms with E-state index in [4.69, 9.17) is 9.47 Å². The van der Waals surface area contributed by atoms with Gasteiger partial charge in [-0.05, 0) is 49.5 Å². The average Bonchev–Trinajstić information content (AvgIpc) is 2.40. The van der Waals surface area contributed by atoms with E-state index in [0.717, 1.165) is 17.3 Å². The number of aromatic nitrogens is 2. The number of rotatable bonds is 2. The SMILES string of the molecule is CC(C)(C)OC(=O)N1CCCC(Oc2ncc(Br)cn2)C1. The van der Waals surface area contributed by atoms with Gasteiger partial charge in [-0.25, -0.2) is 14.8 Å². The molecule has 0 N–H and O–H groups in total. The molecule has 0 saturated carbocycles. The Hall–Kier alpha value is -1.37. The molecule has 7 heteroatoms. The van der Waals surface area contributed by atoms with E-state index in [2.05, 4.69) is 25.9 Å². The predicted octanol–water partition coefficient (Wildman–Crippen LogP) is 3.02. The van der Waals surface area contributed by atoms with Gasteiger partial charge in [-0.2, -0.15) is 0 Å². The molecule has 0 spiro atoms. The summed E-state index contributed by atoms with van der Waals surface area (Å²) in [6.07, 6.45) is 4.62. The van der Waals surface area contributed by atoms with E-state index in [1.165, 1.54) is 0 Å². The van der Waals surface area contributed by atoms with E-state index in [9.17, 15) is 4.79 Å². The lowest BCUT2D eigenvalue weighted by Gasteiger charge is -2.33. The third-order valence-electron chi connectivity index (χ3n) is 2.90. The normalized spacial score (nSPS) is 19.2. The smallest absolute Gasteiger partial charge is 0.410 e. The van der Waals surface area contributed by atoms with E-state index < -0.39 is 5.60 Å². The van der Waals surface area contributed by atoms with Gasteiger partial charge in [0.05, 0.1) is 11.0 Å². The van der Waals surface area contributed by atoms with E-state index in [1.54, 1.807) is 17.3 Å². The van der Waals surface area contributed by atoms with Crippen LogP contribution in [0.25, 0.3) is 0 Å². The molecule has 1 saturated heterocycles. The molecule has 0 aliphatic carbocycles. The topological polar surface area (TPSA) is 64.5 Å². The Morgan fingerprint density at radius 1 is 1.38 bits per heavy atom. The van der Waals surface area contributed by atoms with Gasteiger partial charge in [0.2, 0.25) is 0 Å². The predicted molar refractivity (Wildman–Crippen MR) is 81.2 cm³/mol. The number of nitrogens with zero attached hydrogens (tertiary/aromatic N) is 3. The number of ether oxygens (including phenoxy) is 2. The van der Waals surface area contributed by atoms with Crippen molar-refractivity contribution < 1.29 is 14.3 Å². The molecule has 0 aromatic carbocycles. The lowest BCUT2D eigenvalue weighted by Crippen LogP contribution is -2.46. The molecule has 1 atom stereocenters. The zero-order valence-corrected chi connectivity index (χ0v) is 14.1. The fourth-order valence-corrected chi connectivity index (χ4v) is 2.24. The van der Waals surface area contributed by atoms with Gasteiger partial charge in [0.25, 0.3) is 0 Å². The molecular weight excluding hydrogens is 338 g/mol. The molecule has 2 rings (SSSR count). The van der Waals surface area contributed by atoms with Crippen LogP contribution in [0.15, 0.2) is 16.9 Å². The maximum atomic E-state index is 12.1. The minimum absolute atomic E-state index is 0.104. The number of carbonyl (C=O) groups excluding carboxylic acids is 1. The molecule has 1 unspecified atom stereocenters. The second-order valence-electron chi connectivity index (χ2n) is 5.99. The number of carbonyl (C=O) groups is 1. The van der Waals surface area contributed by atoms with Crippen molar-refractivity contribution >= 4 is 22.0 Å². The molecule has 116 valence electrons. The van der Waals surface area contributed by atoms with Crippen LogP contribution in [0.5, 0.6) is 6.01 Å². The van der Waals surface area contributed by atoms with E-state index in [0.29, 0.717) is 19.1 Å². The summed E-state index contributed by atoms with van der Waals surface area (Å²) in [7, 11) is 0. The third kappa shape index (κ3) is 5.15. The molecule has 1 amide bonds.